The van der Waals surface area contributed by atoms with E-state index in [1.165, 1.54) is 11.3 Å². The summed E-state index contributed by atoms with van der Waals surface area (Å²) >= 11 is 1.49. The molecule has 1 aromatic rings. The molecule has 2 amide bonds. The summed E-state index contributed by atoms with van der Waals surface area (Å²) in [4.78, 5) is 15.0. The van der Waals surface area contributed by atoms with Crippen LogP contribution in [-0.4, -0.2) is 48.8 Å². The highest BCUT2D eigenvalue weighted by Gasteiger charge is 2.28. The zero-order chi connectivity index (χ0) is 15.5. The predicted octanol–water partition coefficient (Wildman–Crippen LogP) is 1.74. The Morgan fingerprint density at radius 3 is 2.86 bits per heavy atom. The van der Waals surface area contributed by atoms with Gasteiger partial charge in [-0.3, -0.25) is 0 Å². The molecule has 3 unspecified atom stereocenters. The van der Waals surface area contributed by atoms with E-state index in [-0.39, 0.29) is 18.6 Å². The average Bonchev–Trinajstić information content (AvgIpc) is 3.07. The highest BCUT2D eigenvalue weighted by molar-refractivity contribution is 7.10. The van der Waals surface area contributed by atoms with E-state index in [9.17, 15) is 9.90 Å². The van der Waals surface area contributed by atoms with Gasteiger partial charge in [0.15, 0.2) is 0 Å². The van der Waals surface area contributed by atoms with Crippen molar-refractivity contribution in [2.45, 2.75) is 43.9 Å². The average molecular weight is 311 g/mol. The summed E-state index contributed by atoms with van der Waals surface area (Å²) in [5, 5.41) is 18.1. The van der Waals surface area contributed by atoms with Crippen LogP contribution in [0.15, 0.2) is 17.5 Å². The maximum absolute atomic E-state index is 11.9. The van der Waals surface area contributed by atoms with E-state index in [4.69, 9.17) is 0 Å². The molecule has 3 atom stereocenters. The van der Waals surface area contributed by atoms with Crippen LogP contribution in [0.2, 0.25) is 0 Å². The Morgan fingerprint density at radius 1 is 1.52 bits per heavy atom. The van der Waals surface area contributed by atoms with Crippen LogP contribution in [0.1, 0.15) is 31.1 Å². The molecule has 1 aromatic heterocycles. The van der Waals surface area contributed by atoms with E-state index < -0.39 is 5.60 Å². The minimum Gasteiger partial charge on any atom is -0.383 e. The number of aliphatic hydroxyl groups is 1. The van der Waals surface area contributed by atoms with Gasteiger partial charge in [-0.25, -0.2) is 4.79 Å². The van der Waals surface area contributed by atoms with Crippen molar-refractivity contribution in [1.82, 2.24) is 15.5 Å². The Bertz CT molecular complexity index is 459. The van der Waals surface area contributed by atoms with Crippen molar-refractivity contribution in [3.8, 4) is 0 Å². The topological polar surface area (TPSA) is 64.6 Å². The number of hydrogen-bond acceptors (Lipinski definition) is 4. The van der Waals surface area contributed by atoms with Gasteiger partial charge in [0.25, 0.3) is 0 Å². The first-order valence-corrected chi connectivity index (χ1v) is 8.23. The van der Waals surface area contributed by atoms with Crippen LogP contribution in [0, 0.1) is 0 Å². The van der Waals surface area contributed by atoms with Gasteiger partial charge in [-0.05, 0) is 51.7 Å². The molecular weight excluding hydrogens is 286 g/mol. The van der Waals surface area contributed by atoms with Gasteiger partial charge in [0.2, 0.25) is 0 Å². The van der Waals surface area contributed by atoms with Gasteiger partial charge in [0, 0.05) is 17.0 Å². The summed E-state index contributed by atoms with van der Waals surface area (Å²) in [6, 6.07) is 4.35. The number of thiophene rings is 1. The van der Waals surface area contributed by atoms with Gasteiger partial charge in [0.1, 0.15) is 5.60 Å². The quantitative estimate of drug-likeness (QED) is 0.776. The van der Waals surface area contributed by atoms with E-state index in [1.807, 2.05) is 17.5 Å². The number of urea groups is 1. The number of amides is 2. The van der Waals surface area contributed by atoms with Crippen LogP contribution in [-0.2, 0) is 5.60 Å². The maximum Gasteiger partial charge on any atom is 0.315 e. The third-order valence-corrected chi connectivity index (χ3v) is 5.24. The van der Waals surface area contributed by atoms with Gasteiger partial charge in [-0.15, -0.1) is 11.3 Å². The van der Waals surface area contributed by atoms with Crippen molar-refractivity contribution < 1.29 is 9.90 Å². The molecule has 1 fully saturated rings. The number of carbonyl (C=O) groups excluding carboxylic acids is 1. The van der Waals surface area contributed by atoms with Gasteiger partial charge >= 0.3 is 6.03 Å². The molecule has 0 aromatic carbocycles. The summed E-state index contributed by atoms with van der Waals surface area (Å²) in [6.45, 7) is 1.93. The number of carbonyl (C=O) groups is 1. The zero-order valence-corrected chi connectivity index (χ0v) is 13.7. The fraction of sp³-hybridized carbons (Fsp3) is 0.667. The van der Waals surface area contributed by atoms with Gasteiger partial charge in [0.05, 0.1) is 6.54 Å². The van der Waals surface area contributed by atoms with E-state index >= 15 is 0 Å². The Balaban J connectivity index is 1.76. The second-order valence-electron chi connectivity index (χ2n) is 6.21. The molecule has 0 aliphatic heterocycles. The lowest BCUT2D eigenvalue weighted by atomic mass is 10.1. The van der Waals surface area contributed by atoms with Crippen molar-refractivity contribution in [3.63, 3.8) is 0 Å². The summed E-state index contributed by atoms with van der Waals surface area (Å²) < 4.78 is 0. The normalized spacial score (nSPS) is 24.8. The standard InChI is InChI=1S/C15H25N3O2S/c1-15(20,13-5-4-8-21-13)10-16-14(19)17-11-6-7-12(9-11)18(2)3/h4-5,8,11-12,20H,6-7,9-10H2,1-3H3,(H2,16,17,19). The molecule has 1 aliphatic carbocycles. The van der Waals surface area contributed by atoms with Crippen LogP contribution in [0.25, 0.3) is 0 Å². The van der Waals surface area contributed by atoms with E-state index in [1.54, 1.807) is 6.92 Å². The van der Waals surface area contributed by atoms with Gasteiger partial charge < -0.3 is 20.6 Å². The van der Waals surface area contributed by atoms with Crippen molar-refractivity contribution in [3.05, 3.63) is 22.4 Å². The van der Waals surface area contributed by atoms with E-state index in [0.29, 0.717) is 6.04 Å². The van der Waals surface area contributed by atoms with Crippen molar-refractivity contribution >= 4 is 17.4 Å². The fourth-order valence-electron chi connectivity index (χ4n) is 2.72. The second kappa shape index (κ2) is 6.77. The van der Waals surface area contributed by atoms with Crippen LogP contribution < -0.4 is 10.6 Å². The fourth-order valence-corrected chi connectivity index (χ4v) is 3.51. The Labute approximate surface area is 130 Å². The van der Waals surface area contributed by atoms with E-state index in [0.717, 1.165) is 24.1 Å². The molecule has 0 spiro atoms. The summed E-state index contributed by atoms with van der Waals surface area (Å²) in [5.74, 6) is 0. The molecule has 5 nitrogen and oxygen atoms in total. The van der Waals surface area contributed by atoms with Crippen LogP contribution in [0.4, 0.5) is 4.79 Å². The third-order valence-electron chi connectivity index (χ3n) is 4.12. The second-order valence-corrected chi connectivity index (χ2v) is 7.15. The highest BCUT2D eigenvalue weighted by atomic mass is 32.1. The summed E-state index contributed by atoms with van der Waals surface area (Å²) in [6.07, 6.45) is 3.12. The van der Waals surface area contributed by atoms with Crippen molar-refractivity contribution in [2.24, 2.45) is 0 Å². The smallest absolute Gasteiger partial charge is 0.315 e. The lowest BCUT2D eigenvalue weighted by Gasteiger charge is -2.23. The minimum absolute atomic E-state index is 0.198. The molecule has 3 N–H and O–H groups in total. The van der Waals surface area contributed by atoms with Crippen molar-refractivity contribution in [2.75, 3.05) is 20.6 Å². The molecule has 0 saturated heterocycles. The molecule has 0 bridgehead atoms. The molecule has 1 aliphatic rings. The maximum atomic E-state index is 11.9. The summed E-state index contributed by atoms with van der Waals surface area (Å²) in [7, 11) is 4.15. The first-order chi connectivity index (χ1) is 9.88. The molecule has 21 heavy (non-hydrogen) atoms. The number of hydrogen-bond donors (Lipinski definition) is 3. The Hall–Kier alpha value is -1.11. The summed E-state index contributed by atoms with van der Waals surface area (Å²) in [5.41, 5.74) is -1.02. The molecule has 1 heterocycles. The SMILES string of the molecule is CN(C)C1CCC(NC(=O)NCC(C)(O)c2cccs2)C1. The third kappa shape index (κ3) is 4.43. The molecule has 2 rings (SSSR count). The largest absolute Gasteiger partial charge is 0.383 e. The van der Waals surface area contributed by atoms with Crippen LogP contribution in [0.3, 0.4) is 0 Å². The molecular formula is C15H25N3O2S. The lowest BCUT2D eigenvalue weighted by molar-refractivity contribution is 0.0630. The van der Waals surface area contributed by atoms with Crippen LogP contribution >= 0.6 is 11.3 Å². The predicted molar refractivity (Wildman–Crippen MR) is 85.5 cm³/mol. The molecule has 118 valence electrons. The lowest BCUT2D eigenvalue weighted by Crippen LogP contribution is -2.46. The Kier molecular flexibility index (Phi) is 5.24. The minimum atomic E-state index is -1.02. The van der Waals surface area contributed by atoms with Crippen molar-refractivity contribution in [1.29, 1.82) is 0 Å². The first-order valence-electron chi connectivity index (χ1n) is 7.35. The highest BCUT2D eigenvalue weighted by Crippen LogP contribution is 2.24. The van der Waals surface area contributed by atoms with E-state index in [2.05, 4.69) is 29.6 Å². The van der Waals surface area contributed by atoms with Gasteiger partial charge in [-0.2, -0.15) is 0 Å². The molecule has 0 radical (unpaired) electrons. The molecule has 1 saturated carbocycles. The number of rotatable bonds is 5. The van der Waals surface area contributed by atoms with Gasteiger partial charge in [-0.1, -0.05) is 6.07 Å². The monoisotopic (exact) mass is 311 g/mol. The molecule has 6 heteroatoms. The van der Waals surface area contributed by atoms with Crippen LogP contribution in [0.5, 0.6) is 0 Å². The number of nitrogens with zero attached hydrogens (tertiary/aromatic N) is 1. The first kappa shape index (κ1) is 16.3. The zero-order valence-electron chi connectivity index (χ0n) is 12.9. The Morgan fingerprint density at radius 2 is 2.29 bits per heavy atom. The number of nitrogens with one attached hydrogen (secondary N) is 2.